The van der Waals surface area contributed by atoms with Crippen LogP contribution in [0.3, 0.4) is 0 Å². The Morgan fingerprint density at radius 3 is 2.44 bits per heavy atom. The van der Waals surface area contributed by atoms with Gasteiger partial charge in [0.2, 0.25) is 0 Å². The molecule has 0 bridgehead atoms. The summed E-state index contributed by atoms with van der Waals surface area (Å²) in [6.07, 6.45) is -3.59. The Morgan fingerprint density at radius 2 is 1.89 bits per heavy atom. The lowest BCUT2D eigenvalue weighted by molar-refractivity contribution is -0.174. The van der Waals surface area contributed by atoms with Gasteiger partial charge in [-0.3, -0.25) is 9.59 Å². The fourth-order valence-electron chi connectivity index (χ4n) is 2.83. The van der Waals surface area contributed by atoms with Crippen LogP contribution in [-0.4, -0.2) is 32.1 Å². The van der Waals surface area contributed by atoms with Crippen molar-refractivity contribution < 1.29 is 32.2 Å². The second-order valence-electron chi connectivity index (χ2n) is 5.64. The summed E-state index contributed by atoms with van der Waals surface area (Å²) in [5.74, 6) is -2.10. The summed E-state index contributed by atoms with van der Waals surface area (Å²) in [7, 11) is 2.75. The molecule has 1 N–H and O–H groups in total. The number of carbonyl (C=O) groups excluding carboxylic acids is 2. The number of amides is 1. The van der Waals surface area contributed by atoms with Gasteiger partial charge in [0, 0.05) is 16.0 Å². The van der Waals surface area contributed by atoms with E-state index < -0.39 is 23.9 Å². The average molecular weight is 397 g/mol. The summed E-state index contributed by atoms with van der Waals surface area (Å²) in [5, 5.41) is 3.68. The minimum absolute atomic E-state index is 0.0420. The van der Waals surface area contributed by atoms with Gasteiger partial charge in [0.25, 0.3) is 0 Å². The number of ether oxygens (including phenoxy) is 2. The van der Waals surface area contributed by atoms with E-state index in [1.54, 1.807) is 17.5 Å². The quantitative estimate of drug-likeness (QED) is 0.798. The van der Waals surface area contributed by atoms with E-state index in [-0.39, 0.29) is 28.2 Å². The molecule has 0 saturated carbocycles. The molecule has 142 valence electrons. The van der Waals surface area contributed by atoms with E-state index in [0.29, 0.717) is 4.88 Å². The van der Waals surface area contributed by atoms with Gasteiger partial charge >= 0.3 is 12.1 Å². The van der Waals surface area contributed by atoms with Gasteiger partial charge in [0.1, 0.15) is 0 Å². The van der Waals surface area contributed by atoms with Gasteiger partial charge < -0.3 is 14.8 Å². The van der Waals surface area contributed by atoms with E-state index in [1.165, 1.54) is 43.8 Å². The van der Waals surface area contributed by atoms with E-state index in [1.807, 2.05) is 5.32 Å². The van der Waals surface area contributed by atoms with Gasteiger partial charge in [-0.05, 0) is 35.2 Å². The molecular formula is C18H14F3NO4S. The fourth-order valence-corrected chi connectivity index (χ4v) is 3.49. The molecule has 0 fully saturated rings. The Kier molecular flexibility index (Phi) is 4.97. The minimum Gasteiger partial charge on any atom is -0.493 e. The molecule has 1 aromatic heterocycles. The third-order valence-corrected chi connectivity index (χ3v) is 4.88. The number of ketones is 1. The summed E-state index contributed by atoms with van der Waals surface area (Å²) in [6, 6.07) is 5.03. The van der Waals surface area contributed by atoms with Crippen LogP contribution < -0.4 is 14.8 Å². The van der Waals surface area contributed by atoms with Crippen molar-refractivity contribution in [2.45, 2.75) is 12.2 Å². The zero-order valence-corrected chi connectivity index (χ0v) is 15.0. The molecule has 9 heteroatoms. The molecular weight excluding hydrogens is 383 g/mol. The summed E-state index contributed by atoms with van der Waals surface area (Å²) in [4.78, 5) is 25.1. The number of Topliss-reactive ketones (excluding diaryl/α,β-unsaturated/α-hetero) is 1. The molecule has 5 nitrogen and oxygen atoms in total. The van der Waals surface area contributed by atoms with Gasteiger partial charge in [-0.15, -0.1) is 11.3 Å². The van der Waals surface area contributed by atoms with E-state index >= 15 is 0 Å². The average Bonchev–Trinajstić information content (AvgIpc) is 3.22. The molecule has 1 heterocycles. The lowest BCUT2D eigenvalue weighted by atomic mass is 10.0. The molecule has 1 unspecified atom stereocenters. The van der Waals surface area contributed by atoms with E-state index in [2.05, 4.69) is 0 Å². The van der Waals surface area contributed by atoms with Crippen LogP contribution in [0.4, 0.5) is 13.2 Å². The highest BCUT2D eigenvalue weighted by Gasteiger charge is 2.44. The van der Waals surface area contributed by atoms with Crippen LogP contribution >= 0.6 is 11.3 Å². The molecule has 1 atom stereocenters. The van der Waals surface area contributed by atoms with Crippen LogP contribution in [0.2, 0.25) is 0 Å². The van der Waals surface area contributed by atoms with Crippen LogP contribution in [0.25, 0.3) is 6.08 Å². The minimum atomic E-state index is -5.07. The molecule has 1 amide bonds. The number of benzene rings is 1. The van der Waals surface area contributed by atoms with E-state index in [4.69, 9.17) is 9.47 Å². The number of carbonyl (C=O) groups is 2. The molecule has 3 rings (SSSR count). The van der Waals surface area contributed by atoms with Crippen LogP contribution in [0.15, 0.2) is 35.2 Å². The van der Waals surface area contributed by atoms with Gasteiger partial charge in [0.05, 0.1) is 20.3 Å². The summed E-state index contributed by atoms with van der Waals surface area (Å²) < 4.78 is 48.7. The Hall–Kier alpha value is -2.81. The predicted octanol–water partition coefficient (Wildman–Crippen LogP) is 3.76. The van der Waals surface area contributed by atoms with E-state index in [9.17, 15) is 22.8 Å². The SMILES string of the molecule is COc1cc2c(cc1OC)C(NC(=O)C(F)(F)F)C(=Cc1cccs1)C2=O. The summed E-state index contributed by atoms with van der Waals surface area (Å²) >= 11 is 1.32. The molecule has 2 aromatic rings. The molecule has 1 aliphatic carbocycles. The van der Waals surface area contributed by atoms with Crippen molar-refractivity contribution in [3.63, 3.8) is 0 Å². The van der Waals surface area contributed by atoms with Gasteiger partial charge in [-0.1, -0.05) is 6.07 Å². The van der Waals surface area contributed by atoms with Crippen molar-refractivity contribution in [1.29, 1.82) is 0 Å². The van der Waals surface area contributed by atoms with Gasteiger partial charge in [-0.2, -0.15) is 13.2 Å². The van der Waals surface area contributed by atoms with Crippen LogP contribution in [0.5, 0.6) is 11.5 Å². The first-order valence-electron chi connectivity index (χ1n) is 7.69. The third kappa shape index (κ3) is 3.55. The predicted molar refractivity (Wildman–Crippen MR) is 93.1 cm³/mol. The standard InChI is InChI=1S/C18H14F3NO4S/c1-25-13-7-10-11(8-14(13)26-2)16(23)12(6-9-4-3-5-27-9)15(10)22-17(24)18(19,20)21/h3-8,15H,1-2H3,(H,22,24). The lowest BCUT2D eigenvalue weighted by Crippen LogP contribution is -2.39. The second kappa shape index (κ2) is 7.07. The molecule has 0 aliphatic heterocycles. The number of rotatable bonds is 4. The van der Waals surface area contributed by atoms with Gasteiger partial charge in [0.15, 0.2) is 17.3 Å². The molecule has 0 saturated heterocycles. The summed E-state index contributed by atoms with van der Waals surface area (Å²) in [6.45, 7) is 0. The highest BCUT2D eigenvalue weighted by atomic mass is 32.1. The third-order valence-electron chi connectivity index (χ3n) is 4.06. The van der Waals surface area contributed by atoms with Crippen molar-refractivity contribution in [2.75, 3.05) is 14.2 Å². The lowest BCUT2D eigenvalue weighted by Gasteiger charge is -2.17. The smallest absolute Gasteiger partial charge is 0.471 e. The maximum atomic E-state index is 12.8. The molecule has 0 spiro atoms. The number of thiophene rings is 1. The number of fused-ring (bicyclic) bond motifs is 1. The first-order valence-corrected chi connectivity index (χ1v) is 8.57. The Balaban J connectivity index is 2.13. The molecule has 0 radical (unpaired) electrons. The van der Waals surface area contributed by atoms with Crippen LogP contribution in [-0.2, 0) is 4.79 Å². The van der Waals surface area contributed by atoms with Crippen molar-refractivity contribution in [1.82, 2.24) is 5.32 Å². The highest BCUT2D eigenvalue weighted by molar-refractivity contribution is 7.10. The second-order valence-corrected chi connectivity index (χ2v) is 6.62. The van der Waals surface area contributed by atoms with Gasteiger partial charge in [-0.25, -0.2) is 0 Å². The fraction of sp³-hybridized carbons (Fsp3) is 0.222. The maximum absolute atomic E-state index is 12.8. The highest BCUT2D eigenvalue weighted by Crippen LogP contribution is 2.43. The molecule has 27 heavy (non-hydrogen) atoms. The molecule has 1 aromatic carbocycles. The van der Waals surface area contributed by atoms with Crippen molar-refractivity contribution in [2.24, 2.45) is 0 Å². The number of hydrogen-bond acceptors (Lipinski definition) is 5. The number of alkyl halides is 3. The molecule has 1 aliphatic rings. The van der Waals surface area contributed by atoms with Crippen LogP contribution in [0, 0.1) is 0 Å². The maximum Gasteiger partial charge on any atom is 0.471 e. The Morgan fingerprint density at radius 1 is 1.22 bits per heavy atom. The zero-order chi connectivity index (χ0) is 19.8. The number of methoxy groups -OCH3 is 2. The Labute approximate surface area is 156 Å². The number of hydrogen-bond donors (Lipinski definition) is 1. The number of nitrogens with one attached hydrogen (secondary N) is 1. The first-order chi connectivity index (χ1) is 12.8. The van der Waals surface area contributed by atoms with Crippen molar-refractivity contribution in [3.05, 3.63) is 51.2 Å². The summed E-state index contributed by atoms with van der Waals surface area (Å²) in [5.41, 5.74) is 0.418. The zero-order valence-electron chi connectivity index (χ0n) is 14.2. The van der Waals surface area contributed by atoms with Crippen molar-refractivity contribution >= 4 is 29.1 Å². The monoisotopic (exact) mass is 397 g/mol. The van der Waals surface area contributed by atoms with Crippen LogP contribution in [0.1, 0.15) is 26.8 Å². The normalized spacial score (nSPS) is 17.7. The topological polar surface area (TPSA) is 64.6 Å². The number of halogens is 3. The largest absolute Gasteiger partial charge is 0.493 e. The first kappa shape index (κ1) is 19.0. The van der Waals surface area contributed by atoms with E-state index in [0.717, 1.165) is 0 Å². The Bertz CT molecular complexity index is 919. The van der Waals surface area contributed by atoms with Crippen molar-refractivity contribution in [3.8, 4) is 11.5 Å².